The molecule has 5 rings (SSSR count). The highest BCUT2D eigenvalue weighted by atomic mass is 19.1. The van der Waals surface area contributed by atoms with E-state index in [9.17, 15) is 23.9 Å². The van der Waals surface area contributed by atoms with Gasteiger partial charge in [-0.25, -0.2) is 14.2 Å². The van der Waals surface area contributed by atoms with Gasteiger partial charge >= 0.3 is 6.09 Å². The number of aromatic amines is 1. The van der Waals surface area contributed by atoms with Gasteiger partial charge in [0.1, 0.15) is 5.82 Å². The number of ether oxygens (including phenoxy) is 1. The molecular weight excluding hydrogens is 493 g/mol. The number of amides is 2. The van der Waals surface area contributed by atoms with E-state index in [1.807, 2.05) is 30.3 Å². The summed E-state index contributed by atoms with van der Waals surface area (Å²) in [7, 11) is 1.33. The van der Waals surface area contributed by atoms with E-state index < -0.39 is 17.8 Å². The zero-order valence-electron chi connectivity index (χ0n) is 20.1. The highest BCUT2D eigenvalue weighted by Gasteiger charge is 2.32. The molecule has 11 heteroatoms. The number of carboxylic acid groups (broad SMARTS) is 1. The van der Waals surface area contributed by atoms with E-state index in [4.69, 9.17) is 4.74 Å². The molecule has 4 N–H and O–H groups in total. The van der Waals surface area contributed by atoms with Crippen molar-refractivity contribution >= 4 is 35.0 Å². The molecule has 4 aromatic rings. The second kappa shape index (κ2) is 10.1. The van der Waals surface area contributed by atoms with Gasteiger partial charge in [-0.3, -0.25) is 14.5 Å². The lowest BCUT2D eigenvalue weighted by Gasteiger charge is -2.23. The van der Waals surface area contributed by atoms with Gasteiger partial charge in [-0.05, 0) is 42.5 Å². The van der Waals surface area contributed by atoms with E-state index in [1.54, 1.807) is 12.1 Å². The van der Waals surface area contributed by atoms with Crippen LogP contribution in [0.25, 0.3) is 11.3 Å². The number of aromatic nitrogens is 2. The van der Waals surface area contributed by atoms with Crippen LogP contribution in [0.5, 0.6) is 5.75 Å². The van der Waals surface area contributed by atoms with Gasteiger partial charge < -0.3 is 25.5 Å². The number of Topliss-reactive ketones (excluding diaryl/α,β-unsaturated/α-hetero) is 1. The number of hydrogen-bond acceptors (Lipinski definition) is 6. The Morgan fingerprint density at radius 2 is 1.89 bits per heavy atom. The molecule has 2 aromatic heterocycles. The summed E-state index contributed by atoms with van der Waals surface area (Å²) in [6.07, 6.45) is 0.290. The SMILES string of the molecule is COc1ccc(C(=O)Nc2cc(-c3[nH]c4c(c3Nc3ccccc3)C(=O)CN(C(=O)O)C4)ccn2)cc1F. The van der Waals surface area contributed by atoms with Crippen molar-refractivity contribution in [3.05, 3.63) is 89.5 Å². The lowest BCUT2D eigenvalue weighted by molar-refractivity contribution is 0.0874. The predicted octanol–water partition coefficient (Wildman–Crippen LogP) is 4.90. The number of benzene rings is 2. The normalized spacial score (nSPS) is 12.6. The van der Waals surface area contributed by atoms with Gasteiger partial charge in [-0.2, -0.15) is 0 Å². The van der Waals surface area contributed by atoms with E-state index in [2.05, 4.69) is 20.6 Å². The molecular formula is C27H22FN5O5. The predicted molar refractivity (Wildman–Crippen MR) is 137 cm³/mol. The number of ketones is 1. The molecule has 0 bridgehead atoms. The summed E-state index contributed by atoms with van der Waals surface area (Å²) in [5.41, 5.74) is 3.23. The molecule has 3 heterocycles. The molecule has 38 heavy (non-hydrogen) atoms. The first-order valence-corrected chi connectivity index (χ1v) is 11.5. The maximum Gasteiger partial charge on any atom is 0.408 e. The fourth-order valence-corrected chi connectivity index (χ4v) is 4.27. The number of anilines is 3. The van der Waals surface area contributed by atoms with Gasteiger partial charge in [0.05, 0.1) is 37.1 Å². The van der Waals surface area contributed by atoms with Crippen molar-refractivity contribution in [3.8, 4) is 17.0 Å². The number of halogens is 1. The zero-order chi connectivity index (χ0) is 26.8. The molecule has 0 fully saturated rings. The van der Waals surface area contributed by atoms with Crippen molar-refractivity contribution in [2.24, 2.45) is 0 Å². The number of nitrogens with one attached hydrogen (secondary N) is 3. The number of fused-ring (bicyclic) bond motifs is 1. The Labute approximate surface area is 216 Å². The van der Waals surface area contributed by atoms with Crippen molar-refractivity contribution in [1.29, 1.82) is 0 Å². The molecule has 0 saturated heterocycles. The Morgan fingerprint density at radius 1 is 1.11 bits per heavy atom. The van der Waals surface area contributed by atoms with E-state index in [0.29, 0.717) is 28.2 Å². The van der Waals surface area contributed by atoms with Crippen LogP contribution < -0.4 is 15.4 Å². The van der Waals surface area contributed by atoms with Crippen LogP contribution in [-0.2, 0) is 6.54 Å². The van der Waals surface area contributed by atoms with Crippen LogP contribution in [0, 0.1) is 5.82 Å². The zero-order valence-corrected chi connectivity index (χ0v) is 20.1. The first-order chi connectivity index (χ1) is 18.3. The largest absolute Gasteiger partial charge is 0.494 e. The van der Waals surface area contributed by atoms with Gasteiger partial charge in [0.25, 0.3) is 5.91 Å². The van der Waals surface area contributed by atoms with Crippen LogP contribution in [0.1, 0.15) is 26.4 Å². The molecule has 0 aliphatic carbocycles. The van der Waals surface area contributed by atoms with Crippen LogP contribution in [0.4, 0.5) is 26.4 Å². The minimum absolute atomic E-state index is 0.0115. The van der Waals surface area contributed by atoms with Gasteiger partial charge in [-0.1, -0.05) is 18.2 Å². The minimum atomic E-state index is -1.19. The third-order valence-electron chi connectivity index (χ3n) is 6.06. The third-order valence-corrected chi connectivity index (χ3v) is 6.06. The Hall–Kier alpha value is -5.19. The monoisotopic (exact) mass is 515 g/mol. The molecule has 2 aromatic carbocycles. The molecule has 1 aliphatic rings. The van der Waals surface area contributed by atoms with Crippen LogP contribution in [0.2, 0.25) is 0 Å². The minimum Gasteiger partial charge on any atom is -0.494 e. The van der Waals surface area contributed by atoms with E-state index in [1.165, 1.54) is 25.4 Å². The maximum atomic E-state index is 14.1. The molecule has 1 aliphatic heterocycles. The number of H-pyrrole nitrogens is 1. The van der Waals surface area contributed by atoms with Gasteiger partial charge in [0.15, 0.2) is 17.3 Å². The second-order valence-electron chi connectivity index (χ2n) is 8.51. The van der Waals surface area contributed by atoms with Crippen LogP contribution in [0.3, 0.4) is 0 Å². The molecule has 0 atom stereocenters. The molecule has 0 spiro atoms. The van der Waals surface area contributed by atoms with E-state index >= 15 is 0 Å². The van der Waals surface area contributed by atoms with Crippen molar-refractivity contribution < 1.29 is 28.6 Å². The first-order valence-electron chi connectivity index (χ1n) is 11.5. The first kappa shape index (κ1) is 24.5. The number of rotatable bonds is 6. The maximum absolute atomic E-state index is 14.1. The van der Waals surface area contributed by atoms with E-state index in [0.717, 1.165) is 16.7 Å². The smallest absolute Gasteiger partial charge is 0.408 e. The number of pyridine rings is 1. The molecule has 0 saturated carbocycles. The lowest BCUT2D eigenvalue weighted by Crippen LogP contribution is -2.38. The number of para-hydroxylation sites is 1. The molecule has 0 radical (unpaired) electrons. The number of methoxy groups -OCH3 is 1. The Bertz CT molecular complexity index is 1550. The average Bonchev–Trinajstić information content (AvgIpc) is 3.28. The topological polar surface area (TPSA) is 137 Å². The van der Waals surface area contributed by atoms with Gasteiger partial charge in [0.2, 0.25) is 0 Å². The Balaban J connectivity index is 1.51. The highest BCUT2D eigenvalue weighted by Crippen LogP contribution is 2.38. The third kappa shape index (κ3) is 4.76. The summed E-state index contributed by atoms with van der Waals surface area (Å²) >= 11 is 0. The van der Waals surface area contributed by atoms with Crippen molar-refractivity contribution in [3.63, 3.8) is 0 Å². The summed E-state index contributed by atoms with van der Waals surface area (Å²) in [5, 5.41) is 15.4. The highest BCUT2D eigenvalue weighted by molar-refractivity contribution is 6.09. The number of carbonyl (C=O) groups excluding carboxylic acids is 2. The standard InChI is InChI=1S/C27H22FN5O5/c1-38-21-8-7-16(11-18(21)28)26(35)32-22-12-15(9-10-29-22)24-25(30-17-5-3-2-4-6-17)23-19(31-24)13-33(27(36)37)14-20(23)34/h2-12,30-31H,13-14H2,1H3,(H,36,37)(H,29,32,35). The summed E-state index contributed by atoms with van der Waals surface area (Å²) in [4.78, 5) is 45.7. The van der Waals surface area contributed by atoms with Crippen molar-refractivity contribution in [2.75, 3.05) is 24.3 Å². The molecule has 192 valence electrons. The summed E-state index contributed by atoms with van der Waals surface area (Å²) < 4.78 is 19.0. The molecule has 10 nitrogen and oxygen atoms in total. The van der Waals surface area contributed by atoms with Crippen molar-refractivity contribution in [1.82, 2.24) is 14.9 Å². The van der Waals surface area contributed by atoms with E-state index in [-0.39, 0.29) is 36.0 Å². The van der Waals surface area contributed by atoms with Crippen LogP contribution in [0.15, 0.2) is 66.9 Å². The lowest BCUT2D eigenvalue weighted by atomic mass is 10.0. The Morgan fingerprint density at radius 3 is 2.61 bits per heavy atom. The summed E-state index contributed by atoms with van der Waals surface area (Å²) in [5.74, 6) is -1.38. The molecule has 2 amide bonds. The average molecular weight is 516 g/mol. The Kier molecular flexibility index (Phi) is 6.48. The van der Waals surface area contributed by atoms with Crippen LogP contribution in [-0.4, -0.2) is 51.4 Å². The second-order valence-corrected chi connectivity index (χ2v) is 8.51. The quantitative estimate of drug-likeness (QED) is 0.287. The number of carbonyl (C=O) groups is 3. The number of nitrogens with zero attached hydrogens (tertiary/aromatic N) is 2. The van der Waals surface area contributed by atoms with Gasteiger partial charge in [-0.15, -0.1) is 0 Å². The molecule has 0 unspecified atom stereocenters. The van der Waals surface area contributed by atoms with Gasteiger partial charge in [0, 0.05) is 28.7 Å². The summed E-state index contributed by atoms with van der Waals surface area (Å²) in [6.45, 7) is -0.253. The van der Waals surface area contributed by atoms with Crippen LogP contribution >= 0.6 is 0 Å². The number of hydrogen-bond donors (Lipinski definition) is 4. The van der Waals surface area contributed by atoms with Crippen molar-refractivity contribution in [2.45, 2.75) is 6.54 Å². The summed E-state index contributed by atoms with van der Waals surface area (Å²) in [6, 6.07) is 16.4. The fraction of sp³-hybridized carbons (Fsp3) is 0.111. The fourth-order valence-electron chi connectivity index (χ4n) is 4.27.